The van der Waals surface area contributed by atoms with Crippen molar-refractivity contribution >= 4 is 18.4 Å². The maximum Gasteiger partial charge on any atom is 2.00 e. The van der Waals surface area contributed by atoms with Crippen LogP contribution in [0.25, 0.3) is 0 Å². The van der Waals surface area contributed by atoms with Crippen LogP contribution in [0, 0.1) is 55.3 Å². The third-order valence-electron chi connectivity index (χ3n) is 10.4. The molecule has 0 aliphatic heterocycles. The van der Waals surface area contributed by atoms with Gasteiger partial charge in [-0.25, -0.2) is 21.9 Å². The Morgan fingerprint density at radius 1 is 0.692 bits per heavy atom. The van der Waals surface area contributed by atoms with Gasteiger partial charge in [-0.1, -0.05) is 164 Å². The molecule has 2 aliphatic rings. The molecule has 65 heavy (non-hydrogen) atoms. The van der Waals surface area contributed by atoms with Crippen molar-refractivity contribution in [2.45, 2.75) is 280 Å². The van der Waals surface area contributed by atoms with E-state index in [1.807, 2.05) is 33.8 Å². The third-order valence-corrected chi connectivity index (χ3v) is 12.8. The average molecular weight is 1130 g/mol. The SMILES string of the molecule is C.C.C=CC(C)C.CC(C)(C)C(C)(C)C.CC(C)C/C=C/C(F)(F)C(C)C.CC(C)NS(=O)(=O)C1(C)CC1.CC(C)O[C@@H]1CCC[C@H]1OC(C)C.CCC(C)C.CCC(C)C.[B].[CH3-].[CH3-].[W+2]. The number of rotatable bonds is 14. The fourth-order valence-corrected chi connectivity index (χ4v) is 5.03. The van der Waals surface area contributed by atoms with Gasteiger partial charge in [-0.05, 0) is 128 Å². The smallest absolute Gasteiger partial charge is 0.373 e. The summed E-state index contributed by atoms with van der Waals surface area (Å²) in [7, 11) is -3.04. The van der Waals surface area contributed by atoms with Crippen LogP contribution in [0.2, 0.25) is 0 Å². The number of hydrogen-bond donors (Lipinski definition) is 1. The second kappa shape index (κ2) is 46.3. The van der Waals surface area contributed by atoms with Crippen molar-refractivity contribution in [3.8, 4) is 0 Å². The topological polar surface area (TPSA) is 64.6 Å². The molecule has 2 fully saturated rings. The van der Waals surface area contributed by atoms with E-state index in [0.717, 1.165) is 50.0 Å². The van der Waals surface area contributed by atoms with Gasteiger partial charge in [-0.2, -0.15) is 0 Å². The second-order valence-electron chi connectivity index (χ2n) is 21.5. The second-order valence-corrected chi connectivity index (χ2v) is 23.8. The summed E-state index contributed by atoms with van der Waals surface area (Å²) in [5.41, 5.74) is 0.875. The van der Waals surface area contributed by atoms with E-state index in [0.29, 0.717) is 47.1 Å². The molecule has 2 aliphatic carbocycles. The Labute approximate surface area is 429 Å². The molecular formula is C55H121BF2NO4SW. The van der Waals surface area contributed by atoms with E-state index < -0.39 is 26.6 Å². The van der Waals surface area contributed by atoms with E-state index in [1.54, 1.807) is 13.0 Å². The van der Waals surface area contributed by atoms with Gasteiger partial charge in [-0.3, -0.25) is 0 Å². The summed E-state index contributed by atoms with van der Waals surface area (Å²) in [6.07, 6.45) is 14.3. The van der Waals surface area contributed by atoms with Gasteiger partial charge in [0.25, 0.3) is 5.92 Å². The van der Waals surface area contributed by atoms with Crippen LogP contribution in [0.5, 0.6) is 0 Å². The predicted molar refractivity (Wildman–Crippen MR) is 293 cm³/mol. The number of nitrogens with one attached hydrogen (secondary N) is 1. The molecule has 2 saturated carbocycles. The van der Waals surface area contributed by atoms with Crippen molar-refractivity contribution in [2.75, 3.05) is 0 Å². The van der Waals surface area contributed by atoms with Crippen molar-refractivity contribution in [1.29, 1.82) is 0 Å². The minimum absolute atomic E-state index is 0. The van der Waals surface area contributed by atoms with E-state index in [9.17, 15) is 17.2 Å². The molecule has 0 aromatic heterocycles. The standard InChI is InChI=1S/C11H22O2.C10H18F2.C8H18.C7H15NO2S.2C5H12.C5H10.2CH4.2CH3.B.W/c1-8(2)12-10-6-5-7-11(10)13-9(3)4;1-8(2)6-5-7-10(11,12)9(3)4;1-7(2,3)8(4,5)6;1-6(2)8-11(9,10)7(3)4-5-7;3*1-4-5(2)3;;;;;;/h8-11H,5-7H2,1-4H3;5,7-9H,6H2,1-4H3;1-6H3;6,8H,4-5H2,1-3H3;2*5H,4H2,1-3H3;4-5H,1H2,2-3H3;2*1H4;2*1H3;;/q;;;;;;;;;2*-1;;+2/b;7-5+;;;;;;;;;;;/t10-,11-;;;;;;;;;;;;/m1............/s1. The summed E-state index contributed by atoms with van der Waals surface area (Å²) in [4.78, 5) is 0. The van der Waals surface area contributed by atoms with Crippen molar-refractivity contribution < 1.29 is 47.7 Å². The number of allylic oxidation sites excluding steroid dienone is 3. The molecule has 5 nitrogen and oxygen atoms in total. The zero-order chi connectivity index (χ0) is 48.2. The van der Waals surface area contributed by atoms with E-state index in [1.165, 1.54) is 33.1 Å². The van der Waals surface area contributed by atoms with Gasteiger partial charge >= 0.3 is 21.1 Å². The monoisotopic (exact) mass is 1120 g/mol. The van der Waals surface area contributed by atoms with Crippen LogP contribution < -0.4 is 4.72 Å². The number of hydrogen-bond acceptors (Lipinski definition) is 4. The van der Waals surface area contributed by atoms with Gasteiger partial charge in [0, 0.05) is 20.4 Å². The Balaban J connectivity index is -0.0000000590. The minimum Gasteiger partial charge on any atom is -0.373 e. The first-order valence-electron chi connectivity index (χ1n) is 23.4. The van der Waals surface area contributed by atoms with Crippen LogP contribution in [-0.4, -0.2) is 58.0 Å². The van der Waals surface area contributed by atoms with E-state index in [-0.39, 0.29) is 65.2 Å². The van der Waals surface area contributed by atoms with E-state index >= 15 is 0 Å². The van der Waals surface area contributed by atoms with Gasteiger partial charge in [0.15, 0.2) is 0 Å². The zero-order valence-electron chi connectivity index (χ0n) is 47.2. The van der Waals surface area contributed by atoms with Gasteiger partial charge < -0.3 is 24.3 Å². The predicted octanol–water partition coefficient (Wildman–Crippen LogP) is 18.3. The number of sulfonamides is 1. The molecule has 0 saturated heterocycles. The van der Waals surface area contributed by atoms with Crippen LogP contribution in [0.1, 0.15) is 239 Å². The fraction of sp³-hybridized carbons (Fsp3) is 0.891. The molecule has 0 bridgehead atoms. The quantitative estimate of drug-likeness (QED) is 0.107. The van der Waals surface area contributed by atoms with Crippen LogP contribution in [0.3, 0.4) is 0 Å². The Morgan fingerprint density at radius 2 is 0.985 bits per heavy atom. The molecule has 0 aromatic carbocycles. The molecular weight excluding hydrogens is 1000 g/mol. The molecule has 1 N–H and O–H groups in total. The maximum atomic E-state index is 12.9. The van der Waals surface area contributed by atoms with Gasteiger partial charge in [0.1, 0.15) is 0 Å². The van der Waals surface area contributed by atoms with Crippen molar-refractivity contribution in [1.82, 2.24) is 4.72 Å². The maximum absolute atomic E-state index is 12.9. The van der Waals surface area contributed by atoms with Crippen molar-refractivity contribution in [3.05, 3.63) is 39.7 Å². The normalized spacial score (nSPS) is 16.0. The summed E-state index contributed by atoms with van der Waals surface area (Å²) in [6, 6.07) is 0.0115. The Hall–Kier alpha value is -0.0768. The van der Waals surface area contributed by atoms with Crippen LogP contribution >= 0.6 is 0 Å². The first-order chi connectivity index (χ1) is 26.4. The number of ether oxygens (including phenoxy) is 2. The number of alkyl halides is 2. The van der Waals surface area contributed by atoms with Crippen LogP contribution in [-0.2, 0) is 40.6 Å². The Morgan fingerprint density at radius 3 is 1.15 bits per heavy atom. The summed E-state index contributed by atoms with van der Waals surface area (Å²) < 4.78 is 62.4. The summed E-state index contributed by atoms with van der Waals surface area (Å²) in [6.45, 7) is 55.6. The van der Waals surface area contributed by atoms with Gasteiger partial charge in [-0.15, -0.1) is 6.58 Å². The van der Waals surface area contributed by atoms with Crippen LogP contribution in [0.15, 0.2) is 24.8 Å². The molecule has 399 valence electrons. The van der Waals surface area contributed by atoms with Gasteiger partial charge in [0.2, 0.25) is 10.0 Å². The molecule has 0 unspecified atom stereocenters. The molecule has 0 aromatic rings. The third kappa shape index (κ3) is 58.2. The van der Waals surface area contributed by atoms with Gasteiger partial charge in [0.05, 0.1) is 29.2 Å². The van der Waals surface area contributed by atoms with Crippen LogP contribution in [0.4, 0.5) is 8.78 Å². The molecule has 10 heteroatoms. The van der Waals surface area contributed by atoms with Crippen molar-refractivity contribution in [3.63, 3.8) is 0 Å². The minimum atomic E-state index is -3.04. The van der Waals surface area contributed by atoms with Crippen molar-refractivity contribution in [2.24, 2.45) is 40.4 Å². The fourth-order valence-electron chi connectivity index (χ4n) is 3.49. The molecule has 0 spiro atoms. The average Bonchev–Trinajstić information content (AvgIpc) is 3.69. The van der Waals surface area contributed by atoms with E-state index in [2.05, 4.69) is 136 Å². The molecule has 0 heterocycles. The Bertz CT molecular complexity index is 1090. The molecule has 3 radical (unpaired) electrons. The van der Waals surface area contributed by atoms with E-state index in [4.69, 9.17) is 9.47 Å². The summed E-state index contributed by atoms with van der Waals surface area (Å²) in [5.74, 6) is -0.389. The molecule has 0 amide bonds. The largest absolute Gasteiger partial charge is 2.00 e. The molecule has 2 atom stereocenters. The molecule has 2 rings (SSSR count). The first-order valence-corrected chi connectivity index (χ1v) is 24.9. The summed E-state index contributed by atoms with van der Waals surface area (Å²) >= 11 is 0. The number of halogens is 2. The Kier molecular flexibility index (Phi) is 65.0. The first kappa shape index (κ1) is 91.2. The zero-order valence-corrected chi connectivity index (χ0v) is 50.9. The summed E-state index contributed by atoms with van der Waals surface area (Å²) in [5, 5.41) is 0.